The summed E-state index contributed by atoms with van der Waals surface area (Å²) in [7, 11) is 0. The van der Waals surface area contributed by atoms with E-state index in [-0.39, 0.29) is 18.5 Å². The second-order valence-electron chi connectivity index (χ2n) is 27.1. The van der Waals surface area contributed by atoms with Crippen molar-refractivity contribution in [2.75, 3.05) is 13.2 Å². The predicted octanol–water partition coefficient (Wildman–Crippen LogP) is 25.5. The fourth-order valence-electron chi connectivity index (χ4n) is 12.6. The van der Waals surface area contributed by atoms with Crippen molar-refractivity contribution in [1.82, 2.24) is 5.32 Å². The first-order chi connectivity index (χ1) is 41.5. The maximum absolute atomic E-state index is 12.5. The standard InChI is InChI=1S/C78H153NO5/c1-3-5-7-9-11-13-15-17-19-42-46-50-54-58-62-66-70-76(81)75(74-80)79-77(82)71-67-63-59-55-51-47-43-40-38-36-34-32-30-28-26-24-22-21-23-25-27-29-31-33-35-37-39-41-45-49-53-57-61-65-69-73-84-78(83)72-68-64-60-56-52-48-44-20-18-16-14-12-10-8-6-4-2/h66,70,75-76,80-81H,3-65,67-69,71-74H2,1-2H3,(H,79,82)/b70-66+. The minimum atomic E-state index is -0.840. The Morgan fingerprint density at radius 3 is 0.810 bits per heavy atom. The molecule has 0 fully saturated rings. The Morgan fingerprint density at radius 1 is 0.321 bits per heavy atom. The Bertz CT molecular complexity index is 1270. The van der Waals surface area contributed by atoms with E-state index >= 15 is 0 Å². The predicted molar refractivity (Wildman–Crippen MR) is 370 cm³/mol. The molecule has 1 amide bonds. The summed E-state index contributed by atoms with van der Waals surface area (Å²) in [4.78, 5) is 24.6. The van der Waals surface area contributed by atoms with Crippen molar-refractivity contribution >= 4 is 11.9 Å². The number of carbonyl (C=O) groups is 2. The smallest absolute Gasteiger partial charge is 0.305 e. The van der Waals surface area contributed by atoms with Crippen LogP contribution in [0.3, 0.4) is 0 Å². The third kappa shape index (κ3) is 69.7. The first-order valence-corrected chi connectivity index (χ1v) is 39.0. The van der Waals surface area contributed by atoms with Gasteiger partial charge >= 0.3 is 5.97 Å². The average Bonchev–Trinajstić information content (AvgIpc) is 3.51. The van der Waals surface area contributed by atoms with Crippen molar-refractivity contribution in [2.45, 2.75) is 463 Å². The number of unbranched alkanes of at least 4 members (excludes halogenated alkanes) is 63. The molecule has 0 rings (SSSR count). The monoisotopic (exact) mass is 1180 g/mol. The SMILES string of the molecule is CCCCCCCCCCCCCCCC/C=C/C(O)C(CO)NC(=O)CCCCCCCCCCCCCCCCCCCCCCCCCCCCCCCCCCCCCOC(=O)CCCCCCCCCCCCCCCCCC. The number of hydrogen-bond acceptors (Lipinski definition) is 5. The molecular weight excluding hydrogens is 1030 g/mol. The molecule has 2 atom stereocenters. The molecule has 0 aliphatic carbocycles. The number of hydrogen-bond donors (Lipinski definition) is 3. The van der Waals surface area contributed by atoms with E-state index in [1.165, 1.54) is 385 Å². The van der Waals surface area contributed by atoms with Crippen LogP contribution in [0.5, 0.6) is 0 Å². The summed E-state index contributed by atoms with van der Waals surface area (Å²) < 4.78 is 5.51. The number of ether oxygens (including phenoxy) is 1. The molecule has 0 aliphatic heterocycles. The molecule has 0 heterocycles. The number of allylic oxidation sites excluding steroid dienone is 1. The molecule has 0 bridgehead atoms. The first kappa shape index (κ1) is 82.6. The highest BCUT2D eigenvalue weighted by atomic mass is 16.5. The average molecular weight is 1190 g/mol. The van der Waals surface area contributed by atoms with Gasteiger partial charge in [-0.05, 0) is 32.1 Å². The van der Waals surface area contributed by atoms with Gasteiger partial charge in [0.15, 0.2) is 0 Å². The summed E-state index contributed by atoms with van der Waals surface area (Å²) >= 11 is 0. The lowest BCUT2D eigenvalue weighted by Crippen LogP contribution is -2.45. The third-order valence-corrected chi connectivity index (χ3v) is 18.6. The van der Waals surface area contributed by atoms with Crippen LogP contribution in [-0.4, -0.2) is 47.4 Å². The summed E-state index contributed by atoms with van der Waals surface area (Å²) in [5, 5.41) is 23.2. The summed E-state index contributed by atoms with van der Waals surface area (Å²) in [6.45, 7) is 4.96. The van der Waals surface area contributed by atoms with Gasteiger partial charge in [0.1, 0.15) is 0 Å². The first-order valence-electron chi connectivity index (χ1n) is 39.0. The maximum atomic E-state index is 12.5. The molecule has 0 saturated carbocycles. The Morgan fingerprint density at radius 2 is 0.548 bits per heavy atom. The number of rotatable bonds is 74. The third-order valence-electron chi connectivity index (χ3n) is 18.6. The normalized spacial score (nSPS) is 12.5. The zero-order chi connectivity index (χ0) is 60.6. The van der Waals surface area contributed by atoms with Gasteiger partial charge in [-0.3, -0.25) is 9.59 Å². The molecule has 2 unspecified atom stereocenters. The lowest BCUT2D eigenvalue weighted by Gasteiger charge is -2.20. The second kappa shape index (κ2) is 74.1. The van der Waals surface area contributed by atoms with Crippen molar-refractivity contribution in [2.24, 2.45) is 0 Å². The Kier molecular flexibility index (Phi) is 72.8. The van der Waals surface area contributed by atoms with Crippen LogP contribution in [0.1, 0.15) is 450 Å². The molecule has 6 nitrogen and oxygen atoms in total. The fraction of sp³-hybridized carbons (Fsp3) is 0.949. The van der Waals surface area contributed by atoms with Crippen molar-refractivity contribution in [3.63, 3.8) is 0 Å². The number of esters is 1. The maximum Gasteiger partial charge on any atom is 0.305 e. The van der Waals surface area contributed by atoms with E-state index in [0.717, 1.165) is 38.5 Å². The number of nitrogens with one attached hydrogen (secondary N) is 1. The zero-order valence-corrected chi connectivity index (χ0v) is 57.4. The minimum Gasteiger partial charge on any atom is -0.466 e. The van der Waals surface area contributed by atoms with Gasteiger partial charge in [0, 0.05) is 12.8 Å². The van der Waals surface area contributed by atoms with Crippen LogP contribution in [0.15, 0.2) is 12.2 Å². The molecular formula is C78H153NO5. The molecule has 84 heavy (non-hydrogen) atoms. The van der Waals surface area contributed by atoms with E-state index < -0.39 is 12.1 Å². The van der Waals surface area contributed by atoms with E-state index in [1.54, 1.807) is 6.08 Å². The summed E-state index contributed by atoms with van der Waals surface area (Å²) in [5.74, 6) is -0.0320. The molecule has 500 valence electrons. The quantitative estimate of drug-likeness (QED) is 0.0320. The minimum absolute atomic E-state index is 0.0270. The fourth-order valence-corrected chi connectivity index (χ4v) is 12.6. The van der Waals surface area contributed by atoms with Crippen LogP contribution in [0.2, 0.25) is 0 Å². The highest BCUT2D eigenvalue weighted by molar-refractivity contribution is 5.76. The van der Waals surface area contributed by atoms with Crippen LogP contribution in [0.4, 0.5) is 0 Å². The van der Waals surface area contributed by atoms with Gasteiger partial charge in [-0.15, -0.1) is 0 Å². The van der Waals surface area contributed by atoms with Gasteiger partial charge in [-0.25, -0.2) is 0 Å². The number of carbonyl (C=O) groups excluding carboxylic acids is 2. The van der Waals surface area contributed by atoms with Crippen molar-refractivity contribution in [3.05, 3.63) is 12.2 Å². The molecule has 0 spiro atoms. The van der Waals surface area contributed by atoms with Crippen LogP contribution < -0.4 is 5.32 Å². The lowest BCUT2D eigenvalue weighted by molar-refractivity contribution is -0.143. The zero-order valence-electron chi connectivity index (χ0n) is 57.4. The topological polar surface area (TPSA) is 95.9 Å². The van der Waals surface area contributed by atoms with Crippen LogP contribution in [0.25, 0.3) is 0 Å². The van der Waals surface area contributed by atoms with Crippen molar-refractivity contribution in [1.29, 1.82) is 0 Å². The van der Waals surface area contributed by atoms with Crippen molar-refractivity contribution < 1.29 is 24.5 Å². The largest absolute Gasteiger partial charge is 0.466 e. The van der Waals surface area contributed by atoms with E-state index in [9.17, 15) is 19.8 Å². The summed E-state index contributed by atoms with van der Waals surface area (Å²) in [6, 6.07) is -0.623. The van der Waals surface area contributed by atoms with E-state index in [0.29, 0.717) is 19.4 Å². The molecule has 0 aromatic rings. The van der Waals surface area contributed by atoms with Gasteiger partial charge in [-0.1, -0.05) is 418 Å². The number of aliphatic hydroxyl groups is 2. The Labute approximate surface area is 527 Å². The van der Waals surface area contributed by atoms with Crippen molar-refractivity contribution in [3.8, 4) is 0 Å². The van der Waals surface area contributed by atoms with Gasteiger partial charge in [-0.2, -0.15) is 0 Å². The molecule has 0 aromatic heterocycles. The van der Waals surface area contributed by atoms with Crippen LogP contribution in [0, 0.1) is 0 Å². The van der Waals surface area contributed by atoms with E-state index in [2.05, 4.69) is 19.2 Å². The second-order valence-corrected chi connectivity index (χ2v) is 27.1. The van der Waals surface area contributed by atoms with Gasteiger partial charge in [0.25, 0.3) is 0 Å². The van der Waals surface area contributed by atoms with Crippen LogP contribution in [-0.2, 0) is 14.3 Å². The molecule has 6 heteroatoms. The molecule has 3 N–H and O–H groups in total. The van der Waals surface area contributed by atoms with Crippen LogP contribution >= 0.6 is 0 Å². The lowest BCUT2D eigenvalue weighted by atomic mass is 10.0. The van der Waals surface area contributed by atoms with E-state index in [1.807, 2.05) is 6.08 Å². The Hall–Kier alpha value is -1.40. The molecule has 0 saturated heterocycles. The summed E-state index contributed by atoms with van der Waals surface area (Å²) in [5.41, 5.74) is 0. The molecule has 0 radical (unpaired) electrons. The number of amides is 1. The van der Waals surface area contributed by atoms with Gasteiger partial charge in [0.2, 0.25) is 5.91 Å². The molecule has 0 aliphatic rings. The summed E-state index contributed by atoms with van der Waals surface area (Å²) in [6.07, 6.45) is 93.4. The Balaban J connectivity index is 3.30. The number of aliphatic hydroxyl groups excluding tert-OH is 2. The van der Waals surface area contributed by atoms with Gasteiger partial charge in [0.05, 0.1) is 25.4 Å². The molecule has 0 aromatic carbocycles. The van der Waals surface area contributed by atoms with Gasteiger partial charge < -0.3 is 20.3 Å². The highest BCUT2D eigenvalue weighted by Gasteiger charge is 2.18. The van der Waals surface area contributed by atoms with E-state index in [4.69, 9.17) is 4.74 Å². The highest BCUT2D eigenvalue weighted by Crippen LogP contribution is 2.20.